The van der Waals surface area contributed by atoms with Gasteiger partial charge in [-0.2, -0.15) is 4.31 Å². The summed E-state index contributed by atoms with van der Waals surface area (Å²) < 4.78 is 32.5. The maximum atomic E-state index is 12.5. The molecule has 0 spiro atoms. The summed E-state index contributed by atoms with van der Waals surface area (Å²) in [6, 6.07) is 8.23. The van der Waals surface area contributed by atoms with Crippen molar-refractivity contribution >= 4 is 31.9 Å². The SMILES string of the molecule is O=C(NCc1ccc(S(=O)(=O)N2CCOCC2)cc1)c1cc(Br)c[nH]1. The first-order chi connectivity index (χ1) is 12.0. The molecule has 2 aromatic rings. The van der Waals surface area contributed by atoms with Gasteiger partial charge in [-0.15, -0.1) is 0 Å². The highest BCUT2D eigenvalue weighted by Gasteiger charge is 2.26. The Kier molecular flexibility index (Phi) is 5.57. The summed E-state index contributed by atoms with van der Waals surface area (Å²) in [5, 5.41) is 2.78. The number of hydrogen-bond donors (Lipinski definition) is 2. The molecule has 0 saturated carbocycles. The van der Waals surface area contributed by atoms with Crippen LogP contribution in [0.1, 0.15) is 16.1 Å². The van der Waals surface area contributed by atoms with Crippen LogP contribution >= 0.6 is 15.9 Å². The number of H-pyrrole nitrogens is 1. The topological polar surface area (TPSA) is 91.5 Å². The van der Waals surface area contributed by atoms with Gasteiger partial charge in [0.1, 0.15) is 5.69 Å². The molecule has 1 saturated heterocycles. The summed E-state index contributed by atoms with van der Waals surface area (Å²) in [5.41, 5.74) is 1.28. The van der Waals surface area contributed by atoms with Crippen molar-refractivity contribution in [2.45, 2.75) is 11.4 Å². The molecule has 134 valence electrons. The highest BCUT2D eigenvalue weighted by molar-refractivity contribution is 9.10. The lowest BCUT2D eigenvalue weighted by molar-refractivity contribution is 0.0730. The molecule has 3 rings (SSSR count). The van der Waals surface area contributed by atoms with Gasteiger partial charge >= 0.3 is 0 Å². The van der Waals surface area contributed by atoms with Crippen molar-refractivity contribution < 1.29 is 17.9 Å². The Labute approximate surface area is 154 Å². The van der Waals surface area contributed by atoms with Gasteiger partial charge in [0.2, 0.25) is 10.0 Å². The number of ether oxygens (including phenoxy) is 1. The van der Waals surface area contributed by atoms with Gasteiger partial charge in [-0.1, -0.05) is 12.1 Å². The van der Waals surface area contributed by atoms with Crippen molar-refractivity contribution in [1.82, 2.24) is 14.6 Å². The molecule has 9 heteroatoms. The third-order valence-electron chi connectivity index (χ3n) is 3.88. The molecule has 25 heavy (non-hydrogen) atoms. The van der Waals surface area contributed by atoms with Crippen LogP contribution in [-0.4, -0.2) is 49.9 Å². The fraction of sp³-hybridized carbons (Fsp3) is 0.312. The van der Waals surface area contributed by atoms with E-state index in [1.165, 1.54) is 4.31 Å². The van der Waals surface area contributed by atoms with Gasteiger partial charge in [0.25, 0.3) is 5.91 Å². The van der Waals surface area contributed by atoms with Gasteiger partial charge in [-0.3, -0.25) is 4.79 Å². The average Bonchev–Trinajstić information content (AvgIpc) is 3.07. The number of halogens is 1. The second kappa shape index (κ2) is 7.69. The molecule has 0 unspecified atom stereocenters. The fourth-order valence-corrected chi connectivity index (χ4v) is 4.24. The van der Waals surface area contributed by atoms with Crippen LogP contribution in [-0.2, 0) is 21.3 Å². The van der Waals surface area contributed by atoms with E-state index in [1.54, 1.807) is 36.5 Å². The summed E-state index contributed by atoms with van der Waals surface area (Å²) >= 11 is 3.28. The lowest BCUT2D eigenvalue weighted by Gasteiger charge is -2.26. The number of carbonyl (C=O) groups excluding carboxylic acids is 1. The van der Waals surface area contributed by atoms with E-state index in [9.17, 15) is 13.2 Å². The molecule has 2 heterocycles. The van der Waals surface area contributed by atoms with E-state index in [0.29, 0.717) is 38.5 Å². The normalized spacial score (nSPS) is 15.9. The number of sulfonamides is 1. The minimum absolute atomic E-state index is 0.226. The third kappa shape index (κ3) is 4.30. The van der Waals surface area contributed by atoms with Gasteiger partial charge in [-0.25, -0.2) is 8.42 Å². The molecule has 0 radical (unpaired) electrons. The van der Waals surface area contributed by atoms with Crippen LogP contribution in [0, 0.1) is 0 Å². The Morgan fingerprint density at radius 2 is 1.92 bits per heavy atom. The second-order valence-electron chi connectivity index (χ2n) is 5.57. The Hall–Kier alpha value is -1.68. The second-order valence-corrected chi connectivity index (χ2v) is 8.43. The number of carbonyl (C=O) groups is 1. The van der Waals surface area contributed by atoms with Gasteiger partial charge < -0.3 is 15.0 Å². The van der Waals surface area contributed by atoms with Crippen LogP contribution in [0.25, 0.3) is 0 Å². The van der Waals surface area contributed by atoms with E-state index in [4.69, 9.17) is 4.74 Å². The number of rotatable bonds is 5. The molecule has 1 amide bonds. The fourth-order valence-electron chi connectivity index (χ4n) is 2.49. The zero-order valence-corrected chi connectivity index (χ0v) is 15.8. The number of aromatic nitrogens is 1. The predicted molar refractivity (Wildman–Crippen MR) is 95.7 cm³/mol. The first-order valence-corrected chi connectivity index (χ1v) is 9.99. The number of amides is 1. The molecule has 0 aliphatic carbocycles. The van der Waals surface area contributed by atoms with E-state index in [1.807, 2.05) is 0 Å². The van der Waals surface area contributed by atoms with Gasteiger partial charge in [0.15, 0.2) is 0 Å². The van der Waals surface area contributed by atoms with Gasteiger partial charge in [0.05, 0.1) is 18.1 Å². The number of morpholine rings is 1. The largest absolute Gasteiger partial charge is 0.379 e. The van der Waals surface area contributed by atoms with Crippen LogP contribution in [0.2, 0.25) is 0 Å². The van der Waals surface area contributed by atoms with Crippen molar-refractivity contribution in [2.24, 2.45) is 0 Å². The molecule has 0 atom stereocenters. The molecule has 1 aliphatic heterocycles. The van der Waals surface area contributed by atoms with Gasteiger partial charge in [0, 0.05) is 30.3 Å². The number of nitrogens with zero attached hydrogens (tertiary/aromatic N) is 1. The number of hydrogen-bond acceptors (Lipinski definition) is 4. The minimum Gasteiger partial charge on any atom is -0.379 e. The average molecular weight is 428 g/mol. The summed E-state index contributed by atoms with van der Waals surface area (Å²) in [5.74, 6) is -0.226. The molecular weight excluding hydrogens is 410 g/mol. The van der Waals surface area contributed by atoms with E-state index in [0.717, 1.165) is 10.0 Å². The van der Waals surface area contributed by atoms with Crippen LogP contribution < -0.4 is 5.32 Å². The lowest BCUT2D eigenvalue weighted by atomic mass is 10.2. The molecule has 1 aromatic carbocycles. The zero-order chi connectivity index (χ0) is 17.9. The Morgan fingerprint density at radius 1 is 1.24 bits per heavy atom. The van der Waals surface area contributed by atoms with Crippen molar-refractivity contribution in [1.29, 1.82) is 0 Å². The molecule has 1 fully saturated rings. The van der Waals surface area contributed by atoms with Crippen molar-refractivity contribution in [3.63, 3.8) is 0 Å². The van der Waals surface area contributed by atoms with Gasteiger partial charge in [-0.05, 0) is 39.7 Å². The smallest absolute Gasteiger partial charge is 0.267 e. The molecule has 1 aliphatic rings. The Balaban J connectivity index is 1.63. The van der Waals surface area contributed by atoms with E-state index < -0.39 is 10.0 Å². The Morgan fingerprint density at radius 3 is 2.52 bits per heavy atom. The number of aromatic amines is 1. The van der Waals surface area contributed by atoms with Crippen molar-refractivity contribution in [2.75, 3.05) is 26.3 Å². The van der Waals surface area contributed by atoms with Crippen LogP contribution in [0.15, 0.2) is 45.9 Å². The lowest BCUT2D eigenvalue weighted by Crippen LogP contribution is -2.40. The molecular formula is C16H18BrN3O4S. The maximum Gasteiger partial charge on any atom is 0.267 e. The molecule has 1 aromatic heterocycles. The third-order valence-corrected chi connectivity index (χ3v) is 6.25. The summed E-state index contributed by atoms with van der Waals surface area (Å²) in [7, 11) is -3.49. The molecule has 0 bridgehead atoms. The molecule has 7 nitrogen and oxygen atoms in total. The number of nitrogens with one attached hydrogen (secondary N) is 2. The summed E-state index contributed by atoms with van der Waals surface area (Å²) in [6.07, 6.45) is 1.68. The quantitative estimate of drug-likeness (QED) is 0.759. The van der Waals surface area contributed by atoms with Crippen LogP contribution in [0.5, 0.6) is 0 Å². The summed E-state index contributed by atoms with van der Waals surface area (Å²) in [6.45, 7) is 1.88. The highest BCUT2D eigenvalue weighted by Crippen LogP contribution is 2.18. The van der Waals surface area contributed by atoms with E-state index >= 15 is 0 Å². The van der Waals surface area contributed by atoms with Crippen molar-refractivity contribution in [3.05, 3.63) is 52.3 Å². The standard InChI is InChI=1S/C16H18BrN3O4S/c17-13-9-15(18-11-13)16(21)19-10-12-1-3-14(4-2-12)25(22,23)20-5-7-24-8-6-20/h1-4,9,11,18H,5-8,10H2,(H,19,21). The maximum absolute atomic E-state index is 12.5. The Bertz CT molecular complexity index is 843. The first kappa shape index (κ1) is 18.1. The monoisotopic (exact) mass is 427 g/mol. The summed E-state index contributed by atoms with van der Waals surface area (Å²) in [4.78, 5) is 15.1. The first-order valence-electron chi connectivity index (χ1n) is 7.76. The zero-order valence-electron chi connectivity index (χ0n) is 13.4. The highest BCUT2D eigenvalue weighted by atomic mass is 79.9. The van der Waals surface area contributed by atoms with E-state index in [2.05, 4.69) is 26.2 Å². The number of benzene rings is 1. The van der Waals surface area contributed by atoms with Crippen molar-refractivity contribution in [3.8, 4) is 0 Å². The molecule has 2 N–H and O–H groups in total. The predicted octanol–water partition coefficient (Wildman–Crippen LogP) is 1.73. The van der Waals surface area contributed by atoms with Crippen LogP contribution in [0.4, 0.5) is 0 Å². The van der Waals surface area contributed by atoms with E-state index in [-0.39, 0.29) is 10.8 Å². The van der Waals surface area contributed by atoms with Crippen LogP contribution in [0.3, 0.4) is 0 Å². The minimum atomic E-state index is -3.49.